The fourth-order valence-corrected chi connectivity index (χ4v) is 11.5. The molecule has 22 nitrogen and oxygen atoms in total. The van der Waals surface area contributed by atoms with E-state index < -0.39 is 91.0 Å². The highest BCUT2D eigenvalue weighted by atomic mass is 19.1. The normalized spacial score (nSPS) is 16.7. The number of carbonyl (C=O) groups is 7. The van der Waals surface area contributed by atoms with Gasteiger partial charge in [-0.05, 0) is 88.7 Å². The first kappa shape index (κ1) is 58.1. The molecule has 1 aliphatic carbocycles. The molecule has 0 spiro atoms. The standard InChI is InChI=1S/C61H64FN9O13/c1-5-61(82)42-18-47-56-40(27-71(47)59(80)41(42)28-84-60(61)81)55-44(14-13-37-32(4)43(62)19-45(69-56)54(37)55)67-53(77)29-83-30-66-51(75)23-65-57(78)46(16-33-9-7-6-8-10-33)68-52(76)24-64-50(74)22-63-21-34-11-12-35-25-70(26-36(35)15-34)58(79)39-17-38(31(2)3)48(72)20-49(39)73/h6-12,15,17-20,31,44,46,63,72-73,82H,5,13-14,16,21-30H2,1-4H3,(H,64,74)(H,65,78)(H,66,75)(H,67,77)(H,68,76)/t44-,46-,61-/m0/s1. The number of fused-ring (bicyclic) bond motifs is 6. The second-order valence-electron chi connectivity index (χ2n) is 21.8. The fourth-order valence-electron chi connectivity index (χ4n) is 11.5. The number of aliphatic hydroxyl groups is 1. The summed E-state index contributed by atoms with van der Waals surface area (Å²) in [6, 6.07) is 18.4. The van der Waals surface area contributed by atoms with Crippen LogP contribution in [0, 0.1) is 12.7 Å². The Morgan fingerprint density at radius 2 is 1.58 bits per heavy atom. The van der Waals surface area contributed by atoms with Crippen LogP contribution >= 0.6 is 0 Å². The first-order valence-electron chi connectivity index (χ1n) is 27.7. The number of ether oxygens (including phenoxy) is 2. The SMILES string of the molecule is CC[C@@]1(O)C(=O)OCc2c1cc1n(c2=O)Cc2c-1nc1cc(F)c(C)c3c1c2[C@@H](NC(=O)COCNC(=O)CNC(=O)[C@H](Cc1ccccc1)NC(=O)CNC(=O)CNCc1ccc2c(c1)CN(C(=O)c1cc(C(C)C)c(O)cc1O)C2)CC3. The quantitative estimate of drug-likeness (QED) is 0.0301. The molecular weight excluding hydrogens is 1090 g/mol. The minimum Gasteiger partial charge on any atom is -0.508 e. The number of benzene rings is 4. The number of phenolic OH excluding ortho intramolecular Hbond substituents is 2. The number of nitrogens with zero attached hydrogens (tertiary/aromatic N) is 3. The summed E-state index contributed by atoms with van der Waals surface area (Å²) >= 11 is 0. The van der Waals surface area contributed by atoms with Crippen molar-refractivity contribution < 1.29 is 62.7 Å². The number of amides is 6. The molecule has 6 amide bonds. The Morgan fingerprint density at radius 3 is 2.35 bits per heavy atom. The van der Waals surface area contributed by atoms with E-state index in [2.05, 4.69) is 31.9 Å². The lowest BCUT2D eigenvalue weighted by molar-refractivity contribution is -0.172. The highest BCUT2D eigenvalue weighted by molar-refractivity contribution is 5.98. The molecule has 10 rings (SSSR count). The Bertz CT molecular complexity index is 3760. The Labute approximate surface area is 481 Å². The third-order valence-corrected chi connectivity index (χ3v) is 16.0. The van der Waals surface area contributed by atoms with E-state index in [9.17, 15) is 53.7 Å². The summed E-state index contributed by atoms with van der Waals surface area (Å²) < 4.78 is 27.6. The van der Waals surface area contributed by atoms with E-state index in [1.54, 1.807) is 55.1 Å². The molecule has 5 heterocycles. The molecule has 0 saturated heterocycles. The third-order valence-electron chi connectivity index (χ3n) is 16.0. The highest BCUT2D eigenvalue weighted by Crippen LogP contribution is 2.46. The van der Waals surface area contributed by atoms with Crippen molar-refractivity contribution in [3.8, 4) is 22.9 Å². The van der Waals surface area contributed by atoms with Gasteiger partial charge in [-0.1, -0.05) is 69.3 Å². The van der Waals surface area contributed by atoms with Gasteiger partial charge in [0.2, 0.25) is 29.5 Å². The van der Waals surface area contributed by atoms with Crippen molar-refractivity contribution in [2.75, 3.05) is 33.0 Å². The van der Waals surface area contributed by atoms with Gasteiger partial charge in [0.1, 0.15) is 43.3 Å². The van der Waals surface area contributed by atoms with Crippen molar-refractivity contribution in [3.05, 3.63) is 156 Å². The third kappa shape index (κ3) is 11.7. The Hall–Kier alpha value is -9.06. The van der Waals surface area contributed by atoms with Crippen LogP contribution < -0.4 is 37.5 Å². The minimum atomic E-state index is -2.05. The van der Waals surface area contributed by atoms with Crippen LogP contribution in [0.4, 0.5) is 4.39 Å². The molecule has 3 aliphatic heterocycles. The van der Waals surface area contributed by atoms with E-state index in [-0.39, 0.29) is 72.6 Å². The van der Waals surface area contributed by atoms with Gasteiger partial charge < -0.3 is 66.2 Å². The maximum absolute atomic E-state index is 15.4. The Kier molecular flexibility index (Phi) is 16.6. The lowest BCUT2D eigenvalue weighted by Crippen LogP contribution is -2.52. The lowest BCUT2D eigenvalue weighted by atomic mass is 9.81. The molecule has 0 fully saturated rings. The summed E-state index contributed by atoms with van der Waals surface area (Å²) in [5, 5.41) is 49.0. The number of nitrogens with one attached hydrogen (secondary N) is 6. The van der Waals surface area contributed by atoms with E-state index in [1.165, 1.54) is 22.8 Å². The Morgan fingerprint density at radius 1 is 0.833 bits per heavy atom. The second-order valence-corrected chi connectivity index (χ2v) is 21.8. The van der Waals surface area contributed by atoms with Gasteiger partial charge in [0, 0.05) is 54.7 Å². The van der Waals surface area contributed by atoms with Gasteiger partial charge in [0.15, 0.2) is 5.60 Å². The van der Waals surface area contributed by atoms with Crippen LogP contribution in [0.15, 0.2) is 77.6 Å². The van der Waals surface area contributed by atoms with E-state index in [1.807, 2.05) is 32.0 Å². The zero-order valence-electron chi connectivity index (χ0n) is 46.7. The molecule has 4 aliphatic rings. The average molecular weight is 1150 g/mol. The topological polar surface area (TPSA) is 309 Å². The molecule has 438 valence electrons. The Balaban J connectivity index is 0.687. The zero-order chi connectivity index (χ0) is 59.7. The summed E-state index contributed by atoms with van der Waals surface area (Å²) in [6.45, 7) is 5.71. The number of phenols is 2. The minimum absolute atomic E-state index is 0.0489. The molecule has 9 N–H and O–H groups in total. The van der Waals surface area contributed by atoms with Gasteiger partial charge in [-0.3, -0.25) is 33.6 Å². The summed E-state index contributed by atoms with van der Waals surface area (Å²) in [5.41, 5.74) is 5.26. The van der Waals surface area contributed by atoms with Crippen LogP contribution in [-0.4, -0.2) is 110 Å². The van der Waals surface area contributed by atoms with Crippen molar-refractivity contribution >= 4 is 52.3 Å². The number of rotatable bonds is 20. The summed E-state index contributed by atoms with van der Waals surface area (Å²) in [5.74, 6) is -5.18. The maximum Gasteiger partial charge on any atom is 0.343 e. The van der Waals surface area contributed by atoms with Crippen LogP contribution in [0.2, 0.25) is 0 Å². The first-order valence-corrected chi connectivity index (χ1v) is 27.7. The second kappa shape index (κ2) is 24.0. The van der Waals surface area contributed by atoms with Crippen molar-refractivity contribution in [1.82, 2.24) is 46.4 Å². The van der Waals surface area contributed by atoms with Crippen LogP contribution in [0.3, 0.4) is 0 Å². The number of aromatic hydroxyl groups is 2. The van der Waals surface area contributed by atoms with Crippen LogP contribution in [0.5, 0.6) is 11.5 Å². The van der Waals surface area contributed by atoms with Crippen molar-refractivity contribution in [3.63, 3.8) is 0 Å². The van der Waals surface area contributed by atoms with Crippen molar-refractivity contribution in [2.45, 2.75) is 110 Å². The number of cyclic esters (lactones) is 1. The number of esters is 1. The van der Waals surface area contributed by atoms with E-state index in [4.69, 9.17) is 14.5 Å². The van der Waals surface area contributed by atoms with Crippen molar-refractivity contribution in [2.24, 2.45) is 0 Å². The van der Waals surface area contributed by atoms with E-state index in [0.717, 1.165) is 22.3 Å². The predicted octanol–water partition coefficient (Wildman–Crippen LogP) is 3.16. The molecular formula is C61H64FN9O13. The number of carbonyl (C=O) groups excluding carboxylic acids is 7. The fraction of sp³-hybridized carbons (Fsp3) is 0.361. The monoisotopic (exact) mass is 1150 g/mol. The number of hydrogen-bond donors (Lipinski definition) is 9. The van der Waals surface area contributed by atoms with Gasteiger partial charge in [-0.25, -0.2) is 14.2 Å². The van der Waals surface area contributed by atoms with Crippen LogP contribution in [0.25, 0.3) is 22.3 Å². The van der Waals surface area contributed by atoms with Crippen molar-refractivity contribution in [1.29, 1.82) is 0 Å². The van der Waals surface area contributed by atoms with Crippen LogP contribution in [-0.2, 0) is 89.5 Å². The molecule has 84 heavy (non-hydrogen) atoms. The van der Waals surface area contributed by atoms with Gasteiger partial charge >= 0.3 is 5.97 Å². The zero-order valence-corrected chi connectivity index (χ0v) is 46.7. The molecule has 0 unspecified atom stereocenters. The molecule has 0 bridgehead atoms. The first-order chi connectivity index (χ1) is 40.2. The number of aromatic nitrogens is 2. The molecule has 4 aromatic carbocycles. The number of aryl methyl sites for hydroxylation is 1. The summed E-state index contributed by atoms with van der Waals surface area (Å²) in [7, 11) is 0. The lowest BCUT2D eigenvalue weighted by Gasteiger charge is -2.31. The number of hydrogen-bond acceptors (Lipinski definition) is 15. The van der Waals surface area contributed by atoms with Gasteiger partial charge in [0.05, 0.1) is 60.3 Å². The van der Waals surface area contributed by atoms with Gasteiger partial charge in [-0.15, -0.1) is 0 Å². The number of pyridine rings is 2. The molecule has 6 aromatic rings. The molecule has 0 radical (unpaired) electrons. The van der Waals surface area contributed by atoms with Crippen LogP contribution in [0.1, 0.15) is 117 Å². The molecule has 23 heteroatoms. The highest BCUT2D eigenvalue weighted by Gasteiger charge is 2.46. The largest absolute Gasteiger partial charge is 0.508 e. The van der Waals surface area contributed by atoms with E-state index in [0.29, 0.717) is 82.6 Å². The number of halogens is 1. The maximum atomic E-state index is 15.4. The molecule has 3 atom stereocenters. The summed E-state index contributed by atoms with van der Waals surface area (Å²) in [4.78, 5) is 113. The predicted molar refractivity (Wildman–Crippen MR) is 301 cm³/mol. The smallest absolute Gasteiger partial charge is 0.343 e. The summed E-state index contributed by atoms with van der Waals surface area (Å²) in [6.07, 6.45) is 0.782. The average Bonchev–Trinajstić information content (AvgIpc) is 1.54. The van der Waals surface area contributed by atoms with E-state index >= 15 is 4.39 Å². The van der Waals surface area contributed by atoms with Gasteiger partial charge in [-0.2, -0.15) is 0 Å². The molecule has 0 saturated carbocycles. The molecule has 2 aromatic heterocycles. The van der Waals surface area contributed by atoms with Gasteiger partial charge in [0.25, 0.3) is 11.5 Å².